The minimum Gasteiger partial charge on any atom is -0.480 e. The molecule has 2 fully saturated rings. The number of hydrogen-bond donors (Lipinski definition) is 0. The number of halogens is 8. The van der Waals surface area contributed by atoms with Crippen LogP contribution in [0.15, 0.2) is 30.3 Å². The Hall–Kier alpha value is -2.72. The first kappa shape index (κ1) is 33.2. The topological polar surface area (TPSA) is 27.7 Å². The summed E-state index contributed by atoms with van der Waals surface area (Å²) in [6.45, 7) is 0.610. The van der Waals surface area contributed by atoms with Gasteiger partial charge in [-0.05, 0) is 68.4 Å². The Morgan fingerprint density at radius 1 is 0.698 bits per heavy atom. The standard InChI is InChI=1S/C32H38F8O3/c1-2-3-4-5-20-6-8-21(9-7-20)22-10-12-23(13-11-22)32(39,40)43-24-14-15-29(26(33)16-24)41-19-31(37,38)42-25-17-27(34)30(36)28(35)18-25/h14-18,20-23H,2-13,19H2,1H3. The Labute approximate surface area is 246 Å². The van der Waals surface area contributed by atoms with E-state index in [0.29, 0.717) is 43.6 Å². The molecule has 0 aliphatic heterocycles. The maximum atomic E-state index is 15.0. The van der Waals surface area contributed by atoms with Gasteiger partial charge in [0.2, 0.25) is 0 Å². The summed E-state index contributed by atoms with van der Waals surface area (Å²) in [6, 6.07) is 2.86. The van der Waals surface area contributed by atoms with E-state index >= 15 is 8.78 Å². The minimum atomic E-state index is -4.20. The maximum absolute atomic E-state index is 15.0. The molecule has 0 bridgehead atoms. The first-order chi connectivity index (χ1) is 20.4. The zero-order chi connectivity index (χ0) is 31.2. The fourth-order valence-corrected chi connectivity index (χ4v) is 6.42. The SMILES string of the molecule is CCCCCC1CCC(C2CCC(C(F)(F)Oc3ccc(OCC(F)(F)Oc4cc(F)c(F)c(F)c4)c(F)c3)CC2)CC1. The molecule has 43 heavy (non-hydrogen) atoms. The lowest BCUT2D eigenvalue weighted by Gasteiger charge is -2.39. The number of rotatable bonds is 13. The van der Waals surface area contributed by atoms with Crippen molar-refractivity contribution in [3.63, 3.8) is 0 Å². The summed E-state index contributed by atoms with van der Waals surface area (Å²) < 4.78 is 126. The lowest BCUT2D eigenvalue weighted by atomic mass is 9.68. The molecule has 0 heterocycles. The minimum absolute atomic E-state index is 0.214. The average molecular weight is 623 g/mol. The molecule has 0 amide bonds. The van der Waals surface area contributed by atoms with Gasteiger partial charge >= 0.3 is 12.2 Å². The van der Waals surface area contributed by atoms with Crippen LogP contribution >= 0.6 is 0 Å². The van der Waals surface area contributed by atoms with Crippen LogP contribution in [-0.4, -0.2) is 18.8 Å². The van der Waals surface area contributed by atoms with Crippen LogP contribution in [0.25, 0.3) is 0 Å². The van der Waals surface area contributed by atoms with Gasteiger partial charge in [-0.15, -0.1) is 0 Å². The Balaban J connectivity index is 1.24. The number of alkyl halides is 4. The van der Waals surface area contributed by atoms with Gasteiger partial charge in [0.25, 0.3) is 0 Å². The number of ether oxygens (including phenoxy) is 3. The van der Waals surface area contributed by atoms with Crippen LogP contribution in [0.1, 0.15) is 84.0 Å². The van der Waals surface area contributed by atoms with Crippen LogP contribution in [0.2, 0.25) is 0 Å². The molecule has 2 aromatic carbocycles. The Kier molecular flexibility index (Phi) is 11.1. The van der Waals surface area contributed by atoms with Crippen molar-refractivity contribution in [2.45, 2.75) is 96.2 Å². The lowest BCUT2D eigenvalue weighted by molar-refractivity contribution is -0.224. The predicted molar refractivity (Wildman–Crippen MR) is 144 cm³/mol. The third-order valence-electron chi connectivity index (χ3n) is 8.80. The van der Waals surface area contributed by atoms with E-state index in [1.165, 1.54) is 38.5 Å². The van der Waals surface area contributed by atoms with E-state index in [2.05, 4.69) is 11.7 Å². The van der Waals surface area contributed by atoms with Crippen LogP contribution in [-0.2, 0) is 0 Å². The van der Waals surface area contributed by atoms with E-state index in [1.54, 1.807) is 0 Å². The van der Waals surface area contributed by atoms with Gasteiger partial charge in [0.05, 0.1) is 5.92 Å². The summed E-state index contributed by atoms with van der Waals surface area (Å²) in [6.07, 6.45) is 4.07. The molecule has 2 aromatic rings. The summed E-state index contributed by atoms with van der Waals surface area (Å²) in [5.41, 5.74) is 0. The van der Waals surface area contributed by atoms with Crippen molar-refractivity contribution in [2.24, 2.45) is 23.7 Å². The highest BCUT2D eigenvalue weighted by molar-refractivity contribution is 5.33. The molecule has 0 N–H and O–H groups in total. The molecule has 0 spiro atoms. The molecule has 0 atom stereocenters. The van der Waals surface area contributed by atoms with Crippen molar-refractivity contribution in [2.75, 3.05) is 6.61 Å². The normalized spacial score (nSPS) is 23.2. The molecule has 0 saturated heterocycles. The maximum Gasteiger partial charge on any atom is 0.433 e. The molecule has 0 unspecified atom stereocenters. The highest BCUT2D eigenvalue weighted by atomic mass is 19.3. The molecule has 240 valence electrons. The van der Waals surface area contributed by atoms with Gasteiger partial charge in [-0.3, -0.25) is 0 Å². The van der Waals surface area contributed by atoms with Crippen LogP contribution in [0, 0.1) is 46.9 Å². The fourth-order valence-electron chi connectivity index (χ4n) is 6.42. The molecule has 2 aliphatic carbocycles. The van der Waals surface area contributed by atoms with Crippen molar-refractivity contribution in [3.8, 4) is 17.2 Å². The third-order valence-corrected chi connectivity index (χ3v) is 8.80. The second kappa shape index (κ2) is 14.4. The van der Waals surface area contributed by atoms with E-state index in [9.17, 15) is 26.3 Å². The zero-order valence-corrected chi connectivity index (χ0v) is 24.1. The van der Waals surface area contributed by atoms with Crippen LogP contribution in [0.4, 0.5) is 35.1 Å². The molecular weight excluding hydrogens is 584 g/mol. The van der Waals surface area contributed by atoms with Crippen molar-refractivity contribution < 1.29 is 49.3 Å². The molecular formula is C32H38F8O3. The van der Waals surface area contributed by atoms with Crippen molar-refractivity contribution in [1.82, 2.24) is 0 Å². The highest BCUT2D eigenvalue weighted by Gasteiger charge is 2.45. The lowest BCUT2D eigenvalue weighted by Crippen LogP contribution is -2.38. The average Bonchev–Trinajstić information content (AvgIpc) is 2.95. The van der Waals surface area contributed by atoms with Crippen LogP contribution in [0.5, 0.6) is 17.2 Å². The summed E-state index contributed by atoms with van der Waals surface area (Å²) >= 11 is 0. The molecule has 11 heteroatoms. The Morgan fingerprint density at radius 3 is 1.86 bits per heavy atom. The number of benzene rings is 2. The molecule has 4 rings (SSSR count). The van der Waals surface area contributed by atoms with Crippen molar-refractivity contribution in [1.29, 1.82) is 0 Å². The Bertz CT molecular complexity index is 1170. The Morgan fingerprint density at radius 2 is 1.28 bits per heavy atom. The second-order valence-electron chi connectivity index (χ2n) is 11.9. The predicted octanol–water partition coefficient (Wildman–Crippen LogP) is 10.5. The summed E-state index contributed by atoms with van der Waals surface area (Å²) in [7, 11) is 0. The summed E-state index contributed by atoms with van der Waals surface area (Å²) in [5, 5.41) is 0. The molecule has 0 radical (unpaired) electrons. The van der Waals surface area contributed by atoms with Gasteiger partial charge in [-0.25, -0.2) is 17.6 Å². The molecule has 2 saturated carbocycles. The van der Waals surface area contributed by atoms with Gasteiger partial charge < -0.3 is 14.2 Å². The van der Waals surface area contributed by atoms with Crippen molar-refractivity contribution in [3.05, 3.63) is 53.6 Å². The number of unbranched alkanes of at least 4 members (excludes halogenated alkanes) is 2. The van der Waals surface area contributed by atoms with Gasteiger partial charge in [0.1, 0.15) is 11.5 Å². The first-order valence-electron chi connectivity index (χ1n) is 15.1. The van der Waals surface area contributed by atoms with Crippen LogP contribution in [0.3, 0.4) is 0 Å². The smallest absolute Gasteiger partial charge is 0.433 e. The molecule has 3 nitrogen and oxygen atoms in total. The van der Waals surface area contributed by atoms with Crippen molar-refractivity contribution >= 4 is 0 Å². The second-order valence-corrected chi connectivity index (χ2v) is 11.9. The van der Waals surface area contributed by atoms with Crippen LogP contribution < -0.4 is 14.2 Å². The molecule has 0 aromatic heterocycles. The van der Waals surface area contributed by atoms with E-state index in [4.69, 9.17) is 9.47 Å². The fraction of sp³-hybridized carbons (Fsp3) is 0.625. The first-order valence-corrected chi connectivity index (χ1v) is 15.1. The molecule has 2 aliphatic rings. The number of hydrogen-bond acceptors (Lipinski definition) is 3. The van der Waals surface area contributed by atoms with Gasteiger partial charge in [0, 0.05) is 18.2 Å². The summed E-state index contributed by atoms with van der Waals surface area (Å²) in [4.78, 5) is 0. The van der Waals surface area contributed by atoms with Gasteiger partial charge in [-0.1, -0.05) is 45.4 Å². The zero-order valence-electron chi connectivity index (χ0n) is 24.1. The van der Waals surface area contributed by atoms with Gasteiger partial charge in [-0.2, -0.15) is 17.6 Å². The van der Waals surface area contributed by atoms with Gasteiger partial charge in [0.15, 0.2) is 35.6 Å². The highest BCUT2D eigenvalue weighted by Crippen LogP contribution is 2.46. The van der Waals surface area contributed by atoms with E-state index in [0.717, 1.165) is 30.9 Å². The quantitative estimate of drug-likeness (QED) is 0.126. The van der Waals surface area contributed by atoms with E-state index in [-0.39, 0.29) is 12.1 Å². The monoisotopic (exact) mass is 622 g/mol. The summed E-state index contributed by atoms with van der Waals surface area (Å²) in [5.74, 6) is -8.03. The van der Waals surface area contributed by atoms with E-state index < -0.39 is 65.3 Å². The largest absolute Gasteiger partial charge is 0.480 e. The third kappa shape index (κ3) is 9.14. The van der Waals surface area contributed by atoms with E-state index in [1.807, 2.05) is 0 Å².